The maximum atomic E-state index is 13.1. The summed E-state index contributed by atoms with van der Waals surface area (Å²) in [4.78, 5) is 62.9. The van der Waals surface area contributed by atoms with Gasteiger partial charge < -0.3 is 14.8 Å². The van der Waals surface area contributed by atoms with Gasteiger partial charge in [0.1, 0.15) is 6.04 Å². The van der Waals surface area contributed by atoms with Crippen molar-refractivity contribution in [3.63, 3.8) is 0 Å². The van der Waals surface area contributed by atoms with Gasteiger partial charge in [-0.2, -0.15) is 0 Å². The number of fused-ring (bicyclic) bond motifs is 1. The third kappa shape index (κ3) is 6.95. The van der Waals surface area contributed by atoms with Crippen molar-refractivity contribution in [2.24, 2.45) is 0 Å². The molecule has 1 fully saturated rings. The maximum Gasteiger partial charge on any atom is 0.264 e. The molecule has 0 aliphatic carbocycles. The number of carbonyl (C=O) groups is 5. The van der Waals surface area contributed by atoms with E-state index < -0.39 is 29.7 Å². The van der Waals surface area contributed by atoms with Crippen LogP contribution in [-0.2, 0) is 23.9 Å². The molecule has 0 bridgehead atoms. The van der Waals surface area contributed by atoms with Gasteiger partial charge in [-0.1, -0.05) is 25.8 Å². The van der Waals surface area contributed by atoms with Crippen molar-refractivity contribution in [3.8, 4) is 0 Å². The maximum absolute atomic E-state index is 13.1. The number of amides is 5. The molecule has 0 spiro atoms. The zero-order valence-corrected chi connectivity index (χ0v) is 20.1. The van der Waals surface area contributed by atoms with Crippen LogP contribution in [-0.4, -0.2) is 66.9 Å². The van der Waals surface area contributed by atoms with Crippen LogP contribution in [0.3, 0.4) is 0 Å². The number of rotatable bonds is 14. The lowest BCUT2D eigenvalue weighted by atomic mass is 10.0. The zero-order valence-electron chi connectivity index (χ0n) is 20.1. The lowest BCUT2D eigenvalue weighted by Gasteiger charge is -2.27. The van der Waals surface area contributed by atoms with Crippen molar-refractivity contribution in [1.29, 1.82) is 0 Å². The first-order valence-corrected chi connectivity index (χ1v) is 12.2. The second-order valence-electron chi connectivity index (χ2n) is 8.61. The summed E-state index contributed by atoms with van der Waals surface area (Å²) in [5.41, 5.74) is 0.450. The molecule has 190 valence electrons. The molecule has 0 radical (unpaired) electrons. The Hall–Kier alpha value is -3.11. The van der Waals surface area contributed by atoms with Gasteiger partial charge in [-0.15, -0.1) is 0 Å². The third-order valence-corrected chi connectivity index (χ3v) is 5.95. The van der Waals surface area contributed by atoms with Gasteiger partial charge in [0.15, 0.2) is 0 Å². The van der Waals surface area contributed by atoms with Gasteiger partial charge in [-0.3, -0.25) is 34.2 Å². The monoisotopic (exact) mass is 487 g/mol. The van der Waals surface area contributed by atoms with E-state index in [1.807, 2.05) is 0 Å². The first kappa shape index (κ1) is 26.5. The number of hydrogen-bond donors (Lipinski definition) is 2. The van der Waals surface area contributed by atoms with Crippen LogP contribution in [0.2, 0.25) is 0 Å². The summed E-state index contributed by atoms with van der Waals surface area (Å²) in [6.07, 6.45) is 4.86. The van der Waals surface area contributed by atoms with Crippen molar-refractivity contribution in [3.05, 3.63) is 29.3 Å². The molecule has 1 aromatic rings. The molecule has 10 nitrogen and oxygen atoms in total. The van der Waals surface area contributed by atoms with Crippen molar-refractivity contribution >= 4 is 35.2 Å². The lowest BCUT2D eigenvalue weighted by molar-refractivity contribution is -0.136. The van der Waals surface area contributed by atoms with Crippen molar-refractivity contribution in [2.75, 3.05) is 31.7 Å². The van der Waals surface area contributed by atoms with E-state index in [-0.39, 0.29) is 42.0 Å². The Morgan fingerprint density at radius 2 is 1.74 bits per heavy atom. The molecule has 2 heterocycles. The molecule has 2 aliphatic heterocycles. The molecule has 2 N–H and O–H groups in total. The third-order valence-electron chi connectivity index (χ3n) is 5.95. The minimum atomic E-state index is -1.05. The molecule has 0 saturated carbocycles. The van der Waals surface area contributed by atoms with E-state index in [0.29, 0.717) is 26.2 Å². The van der Waals surface area contributed by atoms with Crippen LogP contribution in [0.15, 0.2) is 18.2 Å². The topological polar surface area (TPSA) is 131 Å². The van der Waals surface area contributed by atoms with Crippen molar-refractivity contribution in [2.45, 2.75) is 64.3 Å². The summed E-state index contributed by atoms with van der Waals surface area (Å²) >= 11 is 0. The van der Waals surface area contributed by atoms with Crippen LogP contribution in [0.4, 0.5) is 5.69 Å². The molecule has 1 unspecified atom stereocenters. The van der Waals surface area contributed by atoms with E-state index in [1.165, 1.54) is 6.07 Å². The fourth-order valence-corrected chi connectivity index (χ4v) is 4.07. The van der Waals surface area contributed by atoms with E-state index in [2.05, 4.69) is 17.6 Å². The molecule has 1 atom stereocenters. The number of nitrogens with zero attached hydrogens (tertiary/aromatic N) is 1. The number of anilines is 1. The van der Waals surface area contributed by atoms with Crippen LogP contribution < -0.4 is 10.6 Å². The van der Waals surface area contributed by atoms with E-state index in [4.69, 9.17) is 9.47 Å². The Morgan fingerprint density at radius 1 is 1.00 bits per heavy atom. The number of carbonyl (C=O) groups excluding carboxylic acids is 5. The Bertz CT molecular complexity index is 962. The molecule has 10 heteroatoms. The number of hydrogen-bond acceptors (Lipinski definition) is 7. The standard InChI is InChI=1S/C25H33N3O7/c1-2-3-13-34-15-16-35-14-6-4-5-10-20(29)26-18-9-7-8-17-22(18)25(33)28(24(17)32)19-11-12-21(30)27-23(19)31/h7-9,19H,2-6,10-16H2,1H3,(H,26,29)(H,27,30,31). The average Bonchev–Trinajstić information content (AvgIpc) is 3.08. The molecule has 1 saturated heterocycles. The van der Waals surface area contributed by atoms with Gasteiger partial charge in [-0.25, -0.2) is 0 Å². The molecule has 35 heavy (non-hydrogen) atoms. The van der Waals surface area contributed by atoms with E-state index in [9.17, 15) is 24.0 Å². The Balaban J connectivity index is 1.44. The van der Waals surface area contributed by atoms with Gasteiger partial charge in [0.05, 0.1) is 30.0 Å². The Kier molecular flexibility index (Phi) is 9.92. The predicted octanol–water partition coefficient (Wildman–Crippen LogP) is 2.42. The first-order chi connectivity index (χ1) is 16.9. The second kappa shape index (κ2) is 13.1. The summed E-state index contributed by atoms with van der Waals surface area (Å²) in [5.74, 6) is -2.62. The summed E-state index contributed by atoms with van der Waals surface area (Å²) in [6.45, 7) is 4.63. The molecular weight excluding hydrogens is 454 g/mol. The highest BCUT2D eigenvalue weighted by atomic mass is 16.5. The predicted molar refractivity (Wildman–Crippen MR) is 127 cm³/mol. The fourth-order valence-electron chi connectivity index (χ4n) is 4.07. The fraction of sp³-hybridized carbons (Fsp3) is 0.560. The van der Waals surface area contributed by atoms with Gasteiger partial charge in [-0.05, 0) is 37.8 Å². The molecule has 0 aromatic heterocycles. The first-order valence-electron chi connectivity index (χ1n) is 12.2. The van der Waals surface area contributed by atoms with Gasteiger partial charge in [0.25, 0.3) is 11.8 Å². The van der Waals surface area contributed by atoms with Crippen LogP contribution in [0, 0.1) is 0 Å². The number of benzene rings is 1. The van der Waals surface area contributed by atoms with Crippen molar-refractivity contribution in [1.82, 2.24) is 10.2 Å². The quantitative estimate of drug-likeness (QED) is 0.304. The summed E-state index contributed by atoms with van der Waals surface area (Å²) in [7, 11) is 0. The summed E-state index contributed by atoms with van der Waals surface area (Å²) in [6, 6.07) is 3.59. The summed E-state index contributed by atoms with van der Waals surface area (Å²) in [5, 5.41) is 4.90. The molecule has 2 aliphatic rings. The summed E-state index contributed by atoms with van der Waals surface area (Å²) < 4.78 is 10.9. The molecule has 1 aromatic carbocycles. The van der Waals surface area contributed by atoms with Crippen molar-refractivity contribution < 1.29 is 33.4 Å². The molecular formula is C25H33N3O7. The second-order valence-corrected chi connectivity index (χ2v) is 8.61. The smallest absolute Gasteiger partial charge is 0.264 e. The minimum Gasteiger partial charge on any atom is -0.379 e. The van der Waals surface area contributed by atoms with Crippen LogP contribution >= 0.6 is 0 Å². The van der Waals surface area contributed by atoms with E-state index in [1.54, 1.807) is 12.1 Å². The van der Waals surface area contributed by atoms with E-state index >= 15 is 0 Å². The largest absolute Gasteiger partial charge is 0.379 e. The number of piperidine rings is 1. The SMILES string of the molecule is CCCCOCCOCCCCCC(=O)Nc1cccc2c1C(=O)N(C1CCC(=O)NC1=O)C2=O. The number of ether oxygens (including phenoxy) is 2. The Labute approximate surface area is 204 Å². The normalized spacial score (nSPS) is 17.5. The van der Waals surface area contributed by atoms with Gasteiger partial charge in [0, 0.05) is 26.1 Å². The highest BCUT2D eigenvalue weighted by molar-refractivity contribution is 6.26. The average molecular weight is 488 g/mol. The highest BCUT2D eigenvalue weighted by Gasteiger charge is 2.45. The number of nitrogens with one attached hydrogen (secondary N) is 2. The van der Waals surface area contributed by atoms with Crippen LogP contribution in [0.5, 0.6) is 0 Å². The molecule has 3 rings (SSSR count). The van der Waals surface area contributed by atoms with E-state index in [0.717, 1.165) is 37.2 Å². The zero-order chi connectivity index (χ0) is 25.2. The molecule has 5 amide bonds. The number of imide groups is 2. The van der Waals surface area contributed by atoms with Gasteiger partial charge >= 0.3 is 0 Å². The van der Waals surface area contributed by atoms with Gasteiger partial charge in [0.2, 0.25) is 17.7 Å². The lowest BCUT2D eigenvalue weighted by Crippen LogP contribution is -2.54. The number of unbranched alkanes of at least 4 members (excludes halogenated alkanes) is 3. The Morgan fingerprint density at radius 3 is 2.46 bits per heavy atom. The highest BCUT2D eigenvalue weighted by Crippen LogP contribution is 2.32. The van der Waals surface area contributed by atoms with Crippen LogP contribution in [0.25, 0.3) is 0 Å². The minimum absolute atomic E-state index is 0.0468. The van der Waals surface area contributed by atoms with Crippen LogP contribution in [0.1, 0.15) is 79.0 Å².